The van der Waals surface area contributed by atoms with Gasteiger partial charge in [0.2, 0.25) is 0 Å². The van der Waals surface area contributed by atoms with E-state index in [1.54, 1.807) is 12.1 Å². The number of aryl methyl sites for hydroxylation is 1. The summed E-state index contributed by atoms with van der Waals surface area (Å²) >= 11 is 0. The van der Waals surface area contributed by atoms with Crippen LogP contribution in [0.15, 0.2) is 48.5 Å². The van der Waals surface area contributed by atoms with Crippen LogP contribution in [0.3, 0.4) is 0 Å². The molecule has 0 saturated heterocycles. The molecule has 28 heavy (non-hydrogen) atoms. The zero-order chi connectivity index (χ0) is 20.3. The van der Waals surface area contributed by atoms with Crippen LogP contribution >= 0.6 is 0 Å². The quantitative estimate of drug-likeness (QED) is 0.607. The van der Waals surface area contributed by atoms with Crippen molar-refractivity contribution in [2.24, 2.45) is 5.92 Å². The van der Waals surface area contributed by atoms with E-state index in [0.29, 0.717) is 17.0 Å². The van der Waals surface area contributed by atoms with Gasteiger partial charge in [0.25, 0.3) is 5.91 Å². The van der Waals surface area contributed by atoms with Crippen molar-refractivity contribution < 1.29 is 14.6 Å². The number of pyridine rings is 1. The number of hydrogen-bond donors (Lipinski definition) is 3. The lowest BCUT2D eigenvalue weighted by Crippen LogP contribution is -2.42. The minimum Gasteiger partial charge on any atom is -0.508 e. The maximum absolute atomic E-state index is 12.5. The average Bonchev–Trinajstić information content (AvgIpc) is 2.64. The number of nitrogens with two attached hydrogens (primary N) is 1. The summed E-state index contributed by atoms with van der Waals surface area (Å²) in [5.74, 6) is 0.584. The number of rotatable bonds is 6. The van der Waals surface area contributed by atoms with Gasteiger partial charge >= 0.3 is 0 Å². The summed E-state index contributed by atoms with van der Waals surface area (Å²) in [5, 5.41) is 13.3. The minimum absolute atomic E-state index is 0.0546. The topological polar surface area (TPSA) is 97.5 Å². The molecule has 2 aromatic carbocycles. The van der Waals surface area contributed by atoms with Crippen LogP contribution in [0.5, 0.6) is 11.5 Å². The van der Waals surface area contributed by atoms with E-state index in [2.05, 4.69) is 10.3 Å². The van der Waals surface area contributed by atoms with Crippen molar-refractivity contribution in [3.05, 3.63) is 59.8 Å². The molecule has 0 aliphatic heterocycles. The lowest BCUT2D eigenvalue weighted by molar-refractivity contribution is 0.0904. The van der Waals surface area contributed by atoms with Crippen LogP contribution in [0.2, 0.25) is 0 Å². The molecule has 0 aliphatic carbocycles. The smallest absolute Gasteiger partial charge is 0.251 e. The molecule has 0 aliphatic rings. The SMILES string of the molecule is Cc1cc(N)c2c(OCC(NC(=O)c3cccc(O)c3)C(C)C)cccc2n1. The Labute approximate surface area is 164 Å². The molecule has 1 aromatic heterocycles. The largest absolute Gasteiger partial charge is 0.508 e. The molecule has 1 heterocycles. The number of nitrogens with zero attached hydrogens (tertiary/aromatic N) is 1. The van der Waals surface area contributed by atoms with Gasteiger partial charge in [0.1, 0.15) is 18.1 Å². The number of nitrogens with one attached hydrogen (secondary N) is 1. The summed E-state index contributed by atoms with van der Waals surface area (Å²) in [5.41, 5.74) is 8.82. The van der Waals surface area contributed by atoms with Gasteiger partial charge in [-0.25, -0.2) is 0 Å². The van der Waals surface area contributed by atoms with Crippen LogP contribution in [0.4, 0.5) is 5.69 Å². The maximum atomic E-state index is 12.5. The summed E-state index contributed by atoms with van der Waals surface area (Å²) in [6.07, 6.45) is 0. The summed E-state index contributed by atoms with van der Waals surface area (Å²) < 4.78 is 6.04. The van der Waals surface area contributed by atoms with Crippen molar-refractivity contribution >= 4 is 22.5 Å². The predicted molar refractivity (Wildman–Crippen MR) is 111 cm³/mol. The summed E-state index contributed by atoms with van der Waals surface area (Å²) in [6, 6.07) is 13.5. The first-order valence-electron chi connectivity index (χ1n) is 9.23. The molecule has 1 unspecified atom stereocenters. The number of aromatic hydroxyl groups is 1. The van der Waals surface area contributed by atoms with E-state index in [-0.39, 0.29) is 30.2 Å². The Kier molecular flexibility index (Phi) is 5.68. The highest BCUT2D eigenvalue weighted by atomic mass is 16.5. The molecule has 0 radical (unpaired) electrons. The highest BCUT2D eigenvalue weighted by Gasteiger charge is 2.19. The number of phenolic OH excluding ortho intramolecular Hbond substituents is 1. The van der Waals surface area contributed by atoms with Crippen LogP contribution in [-0.2, 0) is 0 Å². The fourth-order valence-corrected chi connectivity index (χ4v) is 3.02. The van der Waals surface area contributed by atoms with Crippen molar-refractivity contribution in [2.75, 3.05) is 12.3 Å². The normalized spacial score (nSPS) is 12.1. The highest BCUT2D eigenvalue weighted by molar-refractivity contribution is 5.96. The molecule has 4 N–H and O–H groups in total. The maximum Gasteiger partial charge on any atom is 0.251 e. The molecule has 0 spiro atoms. The first kappa shape index (κ1) is 19.5. The first-order valence-corrected chi connectivity index (χ1v) is 9.23. The Hall–Kier alpha value is -3.28. The molecule has 1 atom stereocenters. The average molecular weight is 379 g/mol. The zero-order valence-corrected chi connectivity index (χ0v) is 16.3. The van der Waals surface area contributed by atoms with Crippen LogP contribution in [0.1, 0.15) is 29.9 Å². The zero-order valence-electron chi connectivity index (χ0n) is 16.3. The van der Waals surface area contributed by atoms with E-state index < -0.39 is 0 Å². The van der Waals surface area contributed by atoms with Crippen LogP contribution in [-0.4, -0.2) is 28.6 Å². The fourth-order valence-electron chi connectivity index (χ4n) is 3.02. The monoisotopic (exact) mass is 379 g/mol. The number of benzene rings is 2. The first-order chi connectivity index (χ1) is 13.3. The van der Waals surface area contributed by atoms with E-state index in [1.807, 2.05) is 45.0 Å². The number of nitrogen functional groups attached to an aromatic ring is 1. The summed E-state index contributed by atoms with van der Waals surface area (Å²) in [6.45, 7) is 6.21. The van der Waals surface area contributed by atoms with Crippen molar-refractivity contribution in [3.63, 3.8) is 0 Å². The molecule has 0 bridgehead atoms. The molecule has 0 fully saturated rings. The van der Waals surface area contributed by atoms with E-state index >= 15 is 0 Å². The van der Waals surface area contributed by atoms with Crippen LogP contribution in [0.25, 0.3) is 10.9 Å². The molecule has 0 saturated carbocycles. The predicted octanol–water partition coefficient (Wildman–Crippen LogP) is 3.66. The molecular weight excluding hydrogens is 354 g/mol. The standard InChI is InChI=1S/C22H25N3O3/c1-13(2)19(25-22(27)15-6-4-7-16(26)11-15)12-28-20-9-5-8-18-21(20)17(23)10-14(3)24-18/h4-11,13,19,26H,12H2,1-3H3,(H2,23,24)(H,25,27). The lowest BCUT2D eigenvalue weighted by atomic mass is 10.0. The molecule has 146 valence electrons. The minimum atomic E-state index is -0.257. The molecule has 6 heteroatoms. The number of aromatic nitrogens is 1. The number of carbonyl (C=O) groups excluding carboxylic acids is 1. The second kappa shape index (κ2) is 8.17. The number of anilines is 1. The molecule has 3 rings (SSSR count). The van der Waals surface area contributed by atoms with E-state index in [0.717, 1.165) is 16.6 Å². The number of amides is 1. The Balaban J connectivity index is 1.77. The van der Waals surface area contributed by atoms with Crippen molar-refractivity contribution in [1.82, 2.24) is 10.3 Å². The fraction of sp³-hybridized carbons (Fsp3) is 0.273. The third-order valence-electron chi connectivity index (χ3n) is 4.60. The van der Waals surface area contributed by atoms with E-state index in [4.69, 9.17) is 10.5 Å². The number of ether oxygens (including phenoxy) is 1. The second-order valence-electron chi connectivity index (χ2n) is 7.19. The van der Waals surface area contributed by atoms with Gasteiger partial charge < -0.3 is 20.9 Å². The van der Waals surface area contributed by atoms with Gasteiger partial charge in [-0.1, -0.05) is 26.0 Å². The van der Waals surface area contributed by atoms with Crippen molar-refractivity contribution in [1.29, 1.82) is 0 Å². The number of fused-ring (bicyclic) bond motifs is 1. The van der Waals surface area contributed by atoms with Crippen LogP contribution in [0, 0.1) is 12.8 Å². The summed E-state index contributed by atoms with van der Waals surface area (Å²) in [7, 11) is 0. The van der Waals surface area contributed by atoms with Gasteiger partial charge in [-0.3, -0.25) is 9.78 Å². The van der Waals surface area contributed by atoms with Gasteiger partial charge in [-0.2, -0.15) is 0 Å². The number of phenols is 1. The molecule has 1 amide bonds. The Morgan fingerprint density at radius 3 is 2.68 bits per heavy atom. The van der Waals surface area contributed by atoms with Crippen molar-refractivity contribution in [2.45, 2.75) is 26.8 Å². The Bertz CT molecular complexity index is 1000. The van der Waals surface area contributed by atoms with Gasteiger partial charge in [0.05, 0.1) is 16.9 Å². The highest BCUT2D eigenvalue weighted by Crippen LogP contribution is 2.30. The van der Waals surface area contributed by atoms with E-state index in [9.17, 15) is 9.90 Å². The van der Waals surface area contributed by atoms with Gasteiger partial charge in [-0.15, -0.1) is 0 Å². The third-order valence-corrected chi connectivity index (χ3v) is 4.60. The Morgan fingerprint density at radius 2 is 1.96 bits per heavy atom. The molecular formula is C22H25N3O3. The molecule has 6 nitrogen and oxygen atoms in total. The lowest BCUT2D eigenvalue weighted by Gasteiger charge is -2.23. The van der Waals surface area contributed by atoms with Gasteiger partial charge in [0, 0.05) is 16.9 Å². The van der Waals surface area contributed by atoms with Crippen LogP contribution < -0.4 is 15.8 Å². The van der Waals surface area contributed by atoms with Gasteiger partial charge in [0.15, 0.2) is 0 Å². The molecule has 3 aromatic rings. The van der Waals surface area contributed by atoms with E-state index in [1.165, 1.54) is 12.1 Å². The van der Waals surface area contributed by atoms with Gasteiger partial charge in [-0.05, 0) is 49.2 Å². The van der Waals surface area contributed by atoms with Crippen molar-refractivity contribution in [3.8, 4) is 11.5 Å². The second-order valence-corrected chi connectivity index (χ2v) is 7.19. The Morgan fingerprint density at radius 1 is 1.21 bits per heavy atom. The third kappa shape index (κ3) is 4.34. The number of hydrogen-bond acceptors (Lipinski definition) is 5. The summed E-state index contributed by atoms with van der Waals surface area (Å²) in [4.78, 5) is 17.0. The number of carbonyl (C=O) groups is 1.